The van der Waals surface area contributed by atoms with Crippen molar-refractivity contribution in [3.8, 4) is 23.0 Å². The minimum Gasteiger partial charge on any atom is -0.507 e. The number of rotatable bonds is 22. The van der Waals surface area contributed by atoms with Crippen molar-refractivity contribution < 1.29 is 53.1 Å². The number of likely N-dealkylation sites (tertiary alicyclic amines) is 1. The SMILES string of the molecule is CCCCCCCCCCOc1cc(C(=O)O[C@H]2CN(C(=O)OCc3ccccc3)C[C@@H]2NC(=O)c2ccc(OCc3ccccc3)cc2)cc(O)c1C(=O)c1c(O)cccc1C=O. The Hall–Kier alpha value is -7.15. The second-order valence-electron chi connectivity index (χ2n) is 15.6. The molecule has 2 atom stereocenters. The molecule has 64 heavy (non-hydrogen) atoms. The van der Waals surface area contributed by atoms with Crippen LogP contribution >= 0.6 is 0 Å². The van der Waals surface area contributed by atoms with Crippen LogP contribution in [-0.4, -0.2) is 77.0 Å². The molecule has 0 radical (unpaired) electrons. The molecule has 1 heterocycles. The van der Waals surface area contributed by atoms with Gasteiger partial charge in [-0.1, -0.05) is 125 Å². The fraction of sp³-hybridized carbons (Fsp3) is 0.314. The van der Waals surface area contributed by atoms with Gasteiger partial charge in [-0.25, -0.2) is 9.59 Å². The van der Waals surface area contributed by atoms with Gasteiger partial charge >= 0.3 is 12.1 Å². The number of amides is 2. The number of aromatic hydroxyl groups is 2. The van der Waals surface area contributed by atoms with E-state index in [-0.39, 0.29) is 54.3 Å². The Bertz CT molecular complexity index is 2350. The van der Waals surface area contributed by atoms with Crippen LogP contribution in [0, 0.1) is 0 Å². The average molecular weight is 871 g/mol. The lowest BCUT2D eigenvalue weighted by Crippen LogP contribution is -2.44. The maximum Gasteiger partial charge on any atom is 0.410 e. The number of phenols is 2. The van der Waals surface area contributed by atoms with E-state index in [0.717, 1.165) is 49.3 Å². The summed E-state index contributed by atoms with van der Waals surface area (Å²) < 4.78 is 23.5. The van der Waals surface area contributed by atoms with Gasteiger partial charge in [0.15, 0.2) is 6.29 Å². The minimum atomic E-state index is -1.07. The standard InChI is InChI=1S/C51H54N2O11/c1-2-3-4-5-6-7-8-15-27-61-44-29-39(28-43(56)47(44)48(57)46-38(32-54)21-16-22-42(46)55)50(59)64-45-31-53(51(60)63-34-36-19-13-10-14-20-36)30-41(45)52-49(58)37-23-25-40(26-24-37)62-33-35-17-11-9-12-18-35/h9-14,16-26,28-29,32,41,45,55-56H,2-8,15,27,30-31,33-34H2,1H3,(H,52,58)/t41-,45-/m0/s1. The second kappa shape index (κ2) is 23.3. The van der Waals surface area contributed by atoms with E-state index in [1.807, 2.05) is 60.7 Å². The van der Waals surface area contributed by atoms with E-state index in [0.29, 0.717) is 30.6 Å². The van der Waals surface area contributed by atoms with Crippen LogP contribution in [0.3, 0.4) is 0 Å². The molecule has 0 saturated carbocycles. The van der Waals surface area contributed by atoms with Gasteiger partial charge in [-0.05, 0) is 60.0 Å². The highest BCUT2D eigenvalue weighted by Gasteiger charge is 2.40. The number of nitrogens with one attached hydrogen (secondary N) is 1. The largest absolute Gasteiger partial charge is 0.507 e. The molecule has 2 amide bonds. The van der Waals surface area contributed by atoms with Crippen LogP contribution in [0.2, 0.25) is 0 Å². The first-order chi connectivity index (χ1) is 31.1. The van der Waals surface area contributed by atoms with Crippen molar-refractivity contribution in [3.63, 3.8) is 0 Å². The van der Waals surface area contributed by atoms with Crippen molar-refractivity contribution in [2.24, 2.45) is 0 Å². The number of phenolic OH excluding ortho intramolecular Hbond substituents is 2. The molecular weight excluding hydrogens is 817 g/mol. The highest BCUT2D eigenvalue weighted by atomic mass is 16.6. The monoisotopic (exact) mass is 870 g/mol. The highest BCUT2D eigenvalue weighted by Crippen LogP contribution is 2.36. The average Bonchev–Trinajstić information content (AvgIpc) is 3.71. The smallest absolute Gasteiger partial charge is 0.410 e. The van der Waals surface area contributed by atoms with Crippen molar-refractivity contribution in [2.75, 3.05) is 19.7 Å². The number of benzene rings is 5. The summed E-state index contributed by atoms with van der Waals surface area (Å²) in [5, 5.41) is 24.9. The Morgan fingerprint density at radius 2 is 1.34 bits per heavy atom. The zero-order valence-electron chi connectivity index (χ0n) is 35.9. The summed E-state index contributed by atoms with van der Waals surface area (Å²) in [5.41, 5.74) is 1.08. The molecule has 3 N–H and O–H groups in total. The molecule has 13 heteroatoms. The van der Waals surface area contributed by atoms with E-state index in [2.05, 4.69) is 12.2 Å². The molecule has 0 unspecified atom stereocenters. The van der Waals surface area contributed by atoms with Crippen LogP contribution in [-0.2, 0) is 22.7 Å². The Morgan fingerprint density at radius 1 is 0.688 bits per heavy atom. The summed E-state index contributed by atoms with van der Waals surface area (Å²) in [6.07, 6.45) is 6.88. The predicted molar refractivity (Wildman–Crippen MR) is 239 cm³/mol. The molecule has 1 aliphatic rings. The zero-order valence-corrected chi connectivity index (χ0v) is 35.9. The number of aldehydes is 1. The maximum atomic E-state index is 14.0. The summed E-state index contributed by atoms with van der Waals surface area (Å²) in [6, 6.07) is 30.8. The fourth-order valence-corrected chi connectivity index (χ4v) is 7.40. The molecule has 1 saturated heterocycles. The zero-order chi connectivity index (χ0) is 45.3. The van der Waals surface area contributed by atoms with Crippen LogP contribution in [0.4, 0.5) is 4.79 Å². The lowest BCUT2D eigenvalue weighted by molar-refractivity contribution is 0.0259. The topological polar surface area (TPSA) is 178 Å². The number of ketones is 1. The third kappa shape index (κ3) is 12.7. The third-order valence-corrected chi connectivity index (χ3v) is 10.9. The Labute approximate surface area is 372 Å². The molecule has 0 bridgehead atoms. The lowest BCUT2D eigenvalue weighted by Gasteiger charge is -2.21. The first-order valence-electron chi connectivity index (χ1n) is 21.7. The number of carbonyl (C=O) groups excluding carboxylic acids is 5. The Kier molecular flexibility index (Phi) is 16.9. The molecule has 0 aromatic heterocycles. The van der Waals surface area contributed by atoms with Crippen molar-refractivity contribution in [2.45, 2.75) is 83.6 Å². The summed E-state index contributed by atoms with van der Waals surface area (Å²) in [7, 11) is 0. The van der Waals surface area contributed by atoms with Crippen molar-refractivity contribution in [3.05, 3.63) is 154 Å². The fourth-order valence-electron chi connectivity index (χ4n) is 7.40. The van der Waals surface area contributed by atoms with Gasteiger partial charge in [-0.15, -0.1) is 0 Å². The van der Waals surface area contributed by atoms with Gasteiger partial charge in [-0.3, -0.25) is 14.4 Å². The first-order valence-corrected chi connectivity index (χ1v) is 21.7. The molecular formula is C51H54N2O11. The van der Waals surface area contributed by atoms with Crippen LogP contribution in [0.25, 0.3) is 0 Å². The maximum absolute atomic E-state index is 14.0. The van der Waals surface area contributed by atoms with E-state index in [4.69, 9.17) is 18.9 Å². The predicted octanol–water partition coefficient (Wildman–Crippen LogP) is 9.22. The molecule has 0 spiro atoms. The molecule has 6 rings (SSSR count). The summed E-state index contributed by atoms with van der Waals surface area (Å²) >= 11 is 0. The Balaban J connectivity index is 1.20. The third-order valence-electron chi connectivity index (χ3n) is 10.9. The van der Waals surface area contributed by atoms with Crippen molar-refractivity contribution in [1.82, 2.24) is 10.2 Å². The van der Waals surface area contributed by atoms with Gasteiger partial charge in [0.25, 0.3) is 5.91 Å². The molecule has 1 fully saturated rings. The summed E-state index contributed by atoms with van der Waals surface area (Å²) in [6.45, 7) is 2.46. The lowest BCUT2D eigenvalue weighted by atomic mass is 9.95. The van der Waals surface area contributed by atoms with Crippen molar-refractivity contribution in [1.29, 1.82) is 0 Å². The number of esters is 1. The second-order valence-corrected chi connectivity index (χ2v) is 15.6. The van der Waals surface area contributed by atoms with Crippen LogP contribution in [0.5, 0.6) is 23.0 Å². The Morgan fingerprint density at radius 3 is 2.02 bits per heavy atom. The number of hydrogen-bond donors (Lipinski definition) is 3. The van der Waals surface area contributed by atoms with Crippen LogP contribution < -0.4 is 14.8 Å². The number of unbranched alkanes of at least 4 members (excludes halogenated alkanes) is 7. The highest BCUT2D eigenvalue weighted by molar-refractivity contribution is 6.17. The van der Waals surface area contributed by atoms with Gasteiger partial charge < -0.3 is 39.4 Å². The van der Waals surface area contributed by atoms with E-state index in [1.54, 1.807) is 24.3 Å². The normalized spacial score (nSPS) is 14.4. The van der Waals surface area contributed by atoms with E-state index >= 15 is 0 Å². The van der Waals surface area contributed by atoms with Gasteiger partial charge in [0.1, 0.15) is 47.9 Å². The number of hydrogen-bond acceptors (Lipinski definition) is 11. The molecule has 5 aromatic rings. The minimum absolute atomic E-state index is 0.00246. The molecule has 334 valence electrons. The number of ether oxygens (including phenoxy) is 4. The van der Waals surface area contributed by atoms with E-state index in [1.165, 1.54) is 42.0 Å². The van der Waals surface area contributed by atoms with Gasteiger partial charge in [0.05, 0.1) is 30.3 Å². The molecule has 1 aliphatic heterocycles. The van der Waals surface area contributed by atoms with Gasteiger partial charge in [0, 0.05) is 17.7 Å². The van der Waals surface area contributed by atoms with Crippen LogP contribution in [0.15, 0.2) is 115 Å². The summed E-state index contributed by atoms with van der Waals surface area (Å²) in [5.74, 6) is -3.03. The summed E-state index contributed by atoms with van der Waals surface area (Å²) in [4.78, 5) is 68.2. The van der Waals surface area contributed by atoms with Crippen LogP contribution in [0.1, 0.15) is 116 Å². The molecule has 13 nitrogen and oxygen atoms in total. The molecule has 5 aromatic carbocycles. The quantitative estimate of drug-likeness (QED) is 0.0261. The van der Waals surface area contributed by atoms with Crippen molar-refractivity contribution >= 4 is 30.0 Å². The number of nitrogens with zero attached hydrogens (tertiary/aromatic N) is 1. The number of carbonyl (C=O) groups is 5. The van der Waals surface area contributed by atoms with E-state index < -0.39 is 47.4 Å². The van der Waals surface area contributed by atoms with Gasteiger partial charge in [0.2, 0.25) is 5.78 Å². The van der Waals surface area contributed by atoms with E-state index in [9.17, 15) is 34.2 Å². The first kappa shape index (κ1) is 46.4. The molecule has 0 aliphatic carbocycles. The van der Waals surface area contributed by atoms with Gasteiger partial charge in [-0.2, -0.15) is 0 Å².